The van der Waals surface area contributed by atoms with Crippen molar-refractivity contribution < 1.29 is 23.7 Å². The van der Waals surface area contributed by atoms with Gasteiger partial charge in [0.25, 0.3) is 0 Å². The predicted molar refractivity (Wildman–Crippen MR) is 106 cm³/mol. The highest BCUT2D eigenvalue weighted by Crippen LogP contribution is 2.46. The molecule has 3 rings (SSSR count). The fourth-order valence-electron chi connectivity index (χ4n) is 3.81. The maximum absolute atomic E-state index is 12.5. The highest BCUT2D eigenvalue weighted by molar-refractivity contribution is 6.05. The molecule has 0 atom stereocenters. The molecule has 144 valence electrons. The van der Waals surface area contributed by atoms with Crippen LogP contribution in [-0.2, 0) is 9.53 Å². The molecule has 0 saturated heterocycles. The molecule has 0 heterocycles. The first kappa shape index (κ1) is 19.1. The molecule has 2 aromatic rings. The van der Waals surface area contributed by atoms with E-state index in [9.17, 15) is 4.79 Å². The van der Waals surface area contributed by atoms with Crippen LogP contribution < -0.4 is 14.2 Å². The van der Waals surface area contributed by atoms with Gasteiger partial charge in [-0.3, -0.25) is 0 Å². The normalized spacial score (nSPS) is 14.2. The van der Waals surface area contributed by atoms with Crippen molar-refractivity contribution in [3.8, 4) is 17.2 Å². The van der Waals surface area contributed by atoms with E-state index in [1.807, 2.05) is 31.2 Å². The molecule has 0 spiro atoms. The third-order valence-corrected chi connectivity index (χ3v) is 5.00. The van der Waals surface area contributed by atoms with E-state index in [0.717, 1.165) is 64.7 Å². The summed E-state index contributed by atoms with van der Waals surface area (Å²) in [6, 6.07) is 7.75. The van der Waals surface area contributed by atoms with Gasteiger partial charge in [-0.25, -0.2) is 4.79 Å². The summed E-state index contributed by atoms with van der Waals surface area (Å²) in [5, 5.41) is 1.75. The van der Waals surface area contributed by atoms with E-state index in [0.29, 0.717) is 12.4 Å². The van der Waals surface area contributed by atoms with Gasteiger partial charge in [0.2, 0.25) is 0 Å². The van der Waals surface area contributed by atoms with E-state index < -0.39 is 0 Å². The van der Waals surface area contributed by atoms with Crippen molar-refractivity contribution in [1.29, 1.82) is 0 Å². The zero-order chi connectivity index (χ0) is 19.4. The largest absolute Gasteiger partial charge is 0.496 e. The van der Waals surface area contributed by atoms with Crippen LogP contribution in [0.1, 0.15) is 38.2 Å². The summed E-state index contributed by atoms with van der Waals surface area (Å²) in [6.45, 7) is 2.19. The van der Waals surface area contributed by atoms with Crippen LogP contribution in [0.5, 0.6) is 17.2 Å². The quantitative estimate of drug-likeness (QED) is 0.687. The molecule has 0 saturated carbocycles. The Kier molecular flexibility index (Phi) is 5.89. The van der Waals surface area contributed by atoms with Gasteiger partial charge in [0.1, 0.15) is 17.2 Å². The average Bonchev–Trinajstić information content (AvgIpc) is 2.72. The van der Waals surface area contributed by atoms with Gasteiger partial charge in [0, 0.05) is 16.5 Å². The summed E-state index contributed by atoms with van der Waals surface area (Å²) in [5.74, 6) is 1.90. The van der Waals surface area contributed by atoms with Gasteiger partial charge in [0.15, 0.2) is 0 Å². The smallest absolute Gasteiger partial charge is 0.334 e. The monoisotopic (exact) mass is 370 g/mol. The Morgan fingerprint density at radius 2 is 1.74 bits per heavy atom. The number of rotatable bonds is 6. The van der Waals surface area contributed by atoms with Crippen molar-refractivity contribution in [3.05, 3.63) is 35.4 Å². The molecule has 1 aliphatic rings. The minimum atomic E-state index is -0.237. The number of benzene rings is 2. The third-order valence-electron chi connectivity index (χ3n) is 5.00. The van der Waals surface area contributed by atoms with E-state index >= 15 is 0 Å². The fraction of sp³-hybridized carbons (Fsp3) is 0.409. The van der Waals surface area contributed by atoms with Crippen molar-refractivity contribution >= 4 is 22.3 Å². The van der Waals surface area contributed by atoms with Gasteiger partial charge in [-0.2, -0.15) is 0 Å². The van der Waals surface area contributed by atoms with Crippen molar-refractivity contribution in [3.63, 3.8) is 0 Å². The SMILES string of the molecule is CCOC(=O)C1=C(c2cc(OC)c3c(OC)cccc3c2OC)CCCC1. The minimum absolute atomic E-state index is 0.237. The molecule has 0 radical (unpaired) electrons. The maximum atomic E-state index is 12.5. The number of allylic oxidation sites excluding steroid dienone is 1. The Morgan fingerprint density at radius 3 is 2.41 bits per heavy atom. The number of methoxy groups -OCH3 is 3. The third kappa shape index (κ3) is 3.46. The van der Waals surface area contributed by atoms with Crippen molar-refractivity contribution in [2.75, 3.05) is 27.9 Å². The molecule has 1 aliphatic carbocycles. The second-order valence-corrected chi connectivity index (χ2v) is 6.43. The first-order valence-electron chi connectivity index (χ1n) is 9.27. The molecule has 0 bridgehead atoms. The fourth-order valence-corrected chi connectivity index (χ4v) is 3.81. The maximum Gasteiger partial charge on any atom is 0.334 e. The molecule has 0 fully saturated rings. The Balaban J connectivity index is 2.32. The summed E-state index contributed by atoms with van der Waals surface area (Å²) >= 11 is 0. The van der Waals surface area contributed by atoms with Crippen LogP contribution >= 0.6 is 0 Å². The van der Waals surface area contributed by atoms with Gasteiger partial charge in [0.05, 0.1) is 33.3 Å². The summed E-state index contributed by atoms with van der Waals surface area (Å²) in [5.41, 5.74) is 2.61. The Bertz CT molecular complexity index is 882. The zero-order valence-corrected chi connectivity index (χ0v) is 16.4. The summed E-state index contributed by atoms with van der Waals surface area (Å²) in [6.07, 6.45) is 3.54. The lowest BCUT2D eigenvalue weighted by Gasteiger charge is -2.23. The highest BCUT2D eigenvalue weighted by atomic mass is 16.5. The first-order chi connectivity index (χ1) is 13.2. The van der Waals surface area contributed by atoms with E-state index in [-0.39, 0.29) is 5.97 Å². The Hall–Kier alpha value is -2.69. The minimum Gasteiger partial charge on any atom is -0.496 e. The van der Waals surface area contributed by atoms with Crippen LogP contribution in [0.25, 0.3) is 16.3 Å². The van der Waals surface area contributed by atoms with Gasteiger partial charge in [-0.15, -0.1) is 0 Å². The molecule has 0 unspecified atom stereocenters. The summed E-state index contributed by atoms with van der Waals surface area (Å²) in [4.78, 5) is 12.5. The second-order valence-electron chi connectivity index (χ2n) is 6.43. The number of fused-ring (bicyclic) bond motifs is 1. The Labute approximate surface area is 159 Å². The standard InChI is InChI=1S/C22H26O5/c1-5-27-22(23)15-10-7-6-9-14(15)17-13-19(25-3)20-16(21(17)26-4)11-8-12-18(20)24-2/h8,11-13H,5-7,9-10H2,1-4H3. The van der Waals surface area contributed by atoms with Crippen LogP contribution in [0.3, 0.4) is 0 Å². The molecule has 2 aromatic carbocycles. The molecule has 0 N–H and O–H groups in total. The van der Waals surface area contributed by atoms with Crippen molar-refractivity contribution in [1.82, 2.24) is 0 Å². The zero-order valence-electron chi connectivity index (χ0n) is 16.4. The molecule has 27 heavy (non-hydrogen) atoms. The lowest BCUT2D eigenvalue weighted by atomic mass is 9.85. The van der Waals surface area contributed by atoms with Gasteiger partial charge < -0.3 is 18.9 Å². The summed E-state index contributed by atoms with van der Waals surface area (Å²) in [7, 11) is 4.92. The number of carbonyl (C=O) groups excluding carboxylic acids is 1. The predicted octanol–water partition coefficient (Wildman–Crippen LogP) is 4.76. The number of hydrogen-bond donors (Lipinski definition) is 0. The number of carbonyl (C=O) groups is 1. The van der Waals surface area contributed by atoms with Gasteiger partial charge in [-0.1, -0.05) is 12.1 Å². The second kappa shape index (κ2) is 8.33. The van der Waals surface area contributed by atoms with Crippen LogP contribution in [0, 0.1) is 0 Å². The molecule has 5 nitrogen and oxygen atoms in total. The lowest BCUT2D eigenvalue weighted by Crippen LogP contribution is -2.13. The lowest BCUT2D eigenvalue weighted by molar-refractivity contribution is -0.138. The molecule has 0 amide bonds. The van der Waals surface area contributed by atoms with E-state index in [2.05, 4.69) is 0 Å². The van der Waals surface area contributed by atoms with Crippen LogP contribution in [0.15, 0.2) is 29.8 Å². The van der Waals surface area contributed by atoms with E-state index in [4.69, 9.17) is 18.9 Å². The van der Waals surface area contributed by atoms with Crippen molar-refractivity contribution in [2.24, 2.45) is 0 Å². The highest BCUT2D eigenvalue weighted by Gasteiger charge is 2.26. The molecule has 0 aliphatic heterocycles. The molecule has 5 heteroatoms. The van der Waals surface area contributed by atoms with Crippen molar-refractivity contribution in [2.45, 2.75) is 32.6 Å². The van der Waals surface area contributed by atoms with Crippen LogP contribution in [-0.4, -0.2) is 33.9 Å². The number of hydrogen-bond acceptors (Lipinski definition) is 5. The van der Waals surface area contributed by atoms with Gasteiger partial charge >= 0.3 is 5.97 Å². The van der Waals surface area contributed by atoms with Crippen LogP contribution in [0.4, 0.5) is 0 Å². The van der Waals surface area contributed by atoms with Gasteiger partial charge in [-0.05, 0) is 50.3 Å². The molecular weight excluding hydrogens is 344 g/mol. The number of ether oxygens (including phenoxy) is 4. The first-order valence-corrected chi connectivity index (χ1v) is 9.27. The topological polar surface area (TPSA) is 54.0 Å². The molecular formula is C22H26O5. The van der Waals surface area contributed by atoms with Crippen LogP contribution in [0.2, 0.25) is 0 Å². The summed E-state index contributed by atoms with van der Waals surface area (Å²) < 4.78 is 22.3. The molecule has 0 aromatic heterocycles. The average molecular weight is 370 g/mol. The van der Waals surface area contributed by atoms with E-state index in [1.54, 1.807) is 21.3 Å². The Morgan fingerprint density at radius 1 is 1.00 bits per heavy atom. The number of esters is 1. The van der Waals surface area contributed by atoms with E-state index in [1.165, 1.54) is 0 Å².